The summed E-state index contributed by atoms with van der Waals surface area (Å²) < 4.78 is 10.9. The number of carboxylic acids is 1. The molecule has 2 rings (SSSR count). The standard InChI is InChI=1S/C13H15NO4/c1-8(2)13-14-10-4-3-9(7-11(10)18-13)17-6-5-12(15)16/h3-4,7-8H,5-6H2,1-2H3,(H,15,16). The molecule has 1 N–H and O–H groups in total. The molecule has 1 aromatic carbocycles. The van der Waals surface area contributed by atoms with E-state index >= 15 is 0 Å². The molecule has 0 aliphatic heterocycles. The van der Waals surface area contributed by atoms with Crippen LogP contribution in [0.5, 0.6) is 5.75 Å². The Morgan fingerprint density at radius 3 is 2.94 bits per heavy atom. The number of aliphatic carboxylic acids is 1. The van der Waals surface area contributed by atoms with E-state index in [-0.39, 0.29) is 18.9 Å². The van der Waals surface area contributed by atoms with Gasteiger partial charge >= 0.3 is 5.97 Å². The summed E-state index contributed by atoms with van der Waals surface area (Å²) in [5.41, 5.74) is 1.44. The van der Waals surface area contributed by atoms with E-state index in [9.17, 15) is 4.79 Å². The van der Waals surface area contributed by atoms with Crippen molar-refractivity contribution in [3.05, 3.63) is 24.1 Å². The van der Waals surface area contributed by atoms with Crippen LogP contribution in [0.1, 0.15) is 32.1 Å². The predicted octanol–water partition coefficient (Wildman–Crippen LogP) is 2.80. The van der Waals surface area contributed by atoms with Gasteiger partial charge in [0.2, 0.25) is 0 Å². The number of carboxylic acid groups (broad SMARTS) is 1. The second-order valence-corrected chi connectivity index (χ2v) is 4.33. The van der Waals surface area contributed by atoms with Crippen molar-refractivity contribution in [3.8, 4) is 5.75 Å². The van der Waals surface area contributed by atoms with Gasteiger partial charge in [-0.15, -0.1) is 0 Å². The summed E-state index contributed by atoms with van der Waals surface area (Å²) in [6.45, 7) is 4.16. The minimum atomic E-state index is -0.877. The van der Waals surface area contributed by atoms with E-state index in [0.29, 0.717) is 17.2 Å². The van der Waals surface area contributed by atoms with Gasteiger partial charge in [0, 0.05) is 12.0 Å². The summed E-state index contributed by atoms with van der Waals surface area (Å²) >= 11 is 0. The van der Waals surface area contributed by atoms with Crippen molar-refractivity contribution >= 4 is 17.1 Å². The Morgan fingerprint density at radius 1 is 1.50 bits per heavy atom. The number of hydrogen-bond donors (Lipinski definition) is 1. The Labute approximate surface area is 104 Å². The lowest BCUT2D eigenvalue weighted by molar-refractivity contribution is -0.137. The van der Waals surface area contributed by atoms with E-state index in [1.54, 1.807) is 18.2 Å². The number of benzene rings is 1. The quantitative estimate of drug-likeness (QED) is 0.882. The number of nitrogens with zero attached hydrogens (tertiary/aromatic N) is 1. The summed E-state index contributed by atoms with van der Waals surface area (Å²) in [6, 6.07) is 5.30. The highest BCUT2D eigenvalue weighted by Crippen LogP contribution is 2.24. The molecule has 1 heterocycles. The third-order valence-electron chi connectivity index (χ3n) is 2.46. The molecule has 0 fully saturated rings. The van der Waals surface area contributed by atoms with Crippen LogP contribution in [0.3, 0.4) is 0 Å². The highest BCUT2D eigenvalue weighted by Gasteiger charge is 2.10. The van der Waals surface area contributed by atoms with E-state index in [0.717, 1.165) is 5.52 Å². The van der Waals surface area contributed by atoms with Crippen molar-refractivity contribution in [2.45, 2.75) is 26.2 Å². The Kier molecular flexibility index (Phi) is 3.50. The molecule has 1 aromatic heterocycles. The lowest BCUT2D eigenvalue weighted by Gasteiger charge is -2.03. The van der Waals surface area contributed by atoms with Crippen LogP contribution in [-0.2, 0) is 4.79 Å². The van der Waals surface area contributed by atoms with Crippen molar-refractivity contribution in [1.29, 1.82) is 0 Å². The van der Waals surface area contributed by atoms with E-state index in [1.807, 2.05) is 13.8 Å². The maximum absolute atomic E-state index is 10.4. The Bertz CT molecular complexity index is 559. The first kappa shape index (κ1) is 12.4. The second-order valence-electron chi connectivity index (χ2n) is 4.33. The molecule has 0 saturated heterocycles. The van der Waals surface area contributed by atoms with Gasteiger partial charge in [-0.2, -0.15) is 0 Å². The normalized spacial score (nSPS) is 11.1. The van der Waals surface area contributed by atoms with Crippen LogP contribution in [-0.4, -0.2) is 22.7 Å². The molecule has 18 heavy (non-hydrogen) atoms. The SMILES string of the molecule is CC(C)c1nc2ccc(OCCC(=O)O)cc2o1. The number of ether oxygens (including phenoxy) is 1. The molecule has 5 nitrogen and oxygen atoms in total. The number of aromatic nitrogens is 1. The first-order valence-electron chi connectivity index (χ1n) is 5.81. The van der Waals surface area contributed by atoms with Crippen molar-refractivity contribution in [2.75, 3.05) is 6.61 Å². The monoisotopic (exact) mass is 249 g/mol. The smallest absolute Gasteiger partial charge is 0.306 e. The third-order valence-corrected chi connectivity index (χ3v) is 2.46. The van der Waals surface area contributed by atoms with Crippen LogP contribution in [0.15, 0.2) is 22.6 Å². The van der Waals surface area contributed by atoms with Crippen LogP contribution in [0.25, 0.3) is 11.1 Å². The molecule has 0 spiro atoms. The van der Waals surface area contributed by atoms with Gasteiger partial charge in [0.1, 0.15) is 11.3 Å². The van der Waals surface area contributed by atoms with Crippen molar-refractivity contribution < 1.29 is 19.1 Å². The molecule has 0 unspecified atom stereocenters. The maximum atomic E-state index is 10.4. The molecule has 5 heteroatoms. The van der Waals surface area contributed by atoms with Crippen molar-refractivity contribution in [2.24, 2.45) is 0 Å². The second kappa shape index (κ2) is 5.08. The molecule has 0 saturated carbocycles. The summed E-state index contributed by atoms with van der Waals surface area (Å²) in [6.07, 6.45) is -0.0221. The minimum Gasteiger partial charge on any atom is -0.493 e. The zero-order valence-corrected chi connectivity index (χ0v) is 10.3. The van der Waals surface area contributed by atoms with Crippen LogP contribution < -0.4 is 4.74 Å². The van der Waals surface area contributed by atoms with Crippen LogP contribution in [0.2, 0.25) is 0 Å². The van der Waals surface area contributed by atoms with Gasteiger partial charge in [0.05, 0.1) is 13.0 Å². The highest BCUT2D eigenvalue weighted by atomic mass is 16.5. The number of fused-ring (bicyclic) bond motifs is 1. The van der Waals surface area contributed by atoms with E-state index in [4.69, 9.17) is 14.3 Å². The molecular weight excluding hydrogens is 234 g/mol. The average Bonchev–Trinajstić information content (AvgIpc) is 2.71. The van der Waals surface area contributed by atoms with Crippen molar-refractivity contribution in [3.63, 3.8) is 0 Å². The van der Waals surface area contributed by atoms with Gasteiger partial charge in [0.15, 0.2) is 11.5 Å². The van der Waals surface area contributed by atoms with Crippen molar-refractivity contribution in [1.82, 2.24) is 4.98 Å². The Balaban J connectivity index is 2.14. The zero-order chi connectivity index (χ0) is 13.1. The summed E-state index contributed by atoms with van der Waals surface area (Å²) in [5.74, 6) is 0.634. The zero-order valence-electron chi connectivity index (χ0n) is 10.3. The molecule has 0 radical (unpaired) electrons. The van der Waals surface area contributed by atoms with Gasteiger partial charge in [-0.05, 0) is 12.1 Å². The highest BCUT2D eigenvalue weighted by molar-refractivity contribution is 5.74. The van der Waals surface area contributed by atoms with E-state index < -0.39 is 5.97 Å². The molecule has 0 amide bonds. The van der Waals surface area contributed by atoms with Crippen LogP contribution in [0, 0.1) is 0 Å². The predicted molar refractivity (Wildman–Crippen MR) is 65.8 cm³/mol. The average molecular weight is 249 g/mol. The third kappa shape index (κ3) is 2.80. The number of oxazole rings is 1. The lowest BCUT2D eigenvalue weighted by atomic mass is 10.2. The number of rotatable bonds is 5. The fourth-order valence-corrected chi connectivity index (χ4v) is 1.52. The topological polar surface area (TPSA) is 72.6 Å². The Hall–Kier alpha value is -2.04. The maximum Gasteiger partial charge on any atom is 0.306 e. The molecule has 2 aromatic rings. The Morgan fingerprint density at radius 2 is 2.28 bits per heavy atom. The van der Waals surface area contributed by atoms with Gasteiger partial charge in [-0.25, -0.2) is 4.98 Å². The molecule has 0 aliphatic rings. The fraction of sp³-hybridized carbons (Fsp3) is 0.385. The number of carbonyl (C=O) groups is 1. The largest absolute Gasteiger partial charge is 0.493 e. The van der Waals surface area contributed by atoms with Gasteiger partial charge in [0.25, 0.3) is 0 Å². The number of hydrogen-bond acceptors (Lipinski definition) is 4. The summed E-state index contributed by atoms with van der Waals surface area (Å²) in [7, 11) is 0. The van der Waals surface area contributed by atoms with E-state index in [1.165, 1.54) is 0 Å². The molecule has 0 atom stereocenters. The minimum absolute atomic E-state index is 0.0221. The van der Waals surface area contributed by atoms with Gasteiger partial charge < -0.3 is 14.3 Å². The molecule has 96 valence electrons. The van der Waals surface area contributed by atoms with Gasteiger partial charge in [-0.3, -0.25) is 4.79 Å². The molecule has 0 bridgehead atoms. The first-order valence-corrected chi connectivity index (χ1v) is 5.81. The van der Waals surface area contributed by atoms with Crippen LogP contribution in [0.4, 0.5) is 0 Å². The van der Waals surface area contributed by atoms with Gasteiger partial charge in [-0.1, -0.05) is 13.8 Å². The molecular formula is C13H15NO4. The first-order chi connectivity index (χ1) is 8.56. The van der Waals surface area contributed by atoms with E-state index in [2.05, 4.69) is 4.98 Å². The molecule has 0 aliphatic carbocycles. The summed E-state index contributed by atoms with van der Waals surface area (Å²) in [5, 5.41) is 8.52. The fourth-order valence-electron chi connectivity index (χ4n) is 1.52. The summed E-state index contributed by atoms with van der Waals surface area (Å²) in [4.78, 5) is 14.7. The lowest BCUT2D eigenvalue weighted by Crippen LogP contribution is -2.04. The van der Waals surface area contributed by atoms with Crippen LogP contribution >= 0.6 is 0 Å².